The fourth-order valence-electron chi connectivity index (χ4n) is 2.21. The third kappa shape index (κ3) is 4.78. The average molecular weight is 332 g/mol. The lowest BCUT2D eigenvalue weighted by Gasteiger charge is -2.15. The normalized spacial score (nSPS) is 12.1. The number of nitrogens with one attached hydrogen (secondary N) is 1. The molecule has 1 atom stereocenters. The number of rotatable bonds is 6. The molecule has 2 nitrogen and oxygen atoms in total. The van der Waals surface area contributed by atoms with Crippen LogP contribution in [0.25, 0.3) is 0 Å². The molecular formula is C18H20ClN2S+. The number of hydrogen-bond donors (Lipinski definition) is 1. The summed E-state index contributed by atoms with van der Waals surface area (Å²) < 4.78 is 0. The van der Waals surface area contributed by atoms with E-state index in [-0.39, 0.29) is 5.92 Å². The summed E-state index contributed by atoms with van der Waals surface area (Å²) in [6.07, 6.45) is 0.872. The maximum absolute atomic E-state index is 9.53. The predicted octanol–water partition coefficient (Wildman–Crippen LogP) is 3.63. The molecule has 0 fully saturated rings. The molecule has 2 aromatic rings. The lowest BCUT2D eigenvalue weighted by molar-refractivity contribution is -0.858. The molecule has 0 spiro atoms. The minimum atomic E-state index is -0.0640. The molecule has 22 heavy (non-hydrogen) atoms. The summed E-state index contributed by atoms with van der Waals surface area (Å²) in [5.41, 5.74) is 1.12. The van der Waals surface area contributed by atoms with Crippen LogP contribution < -0.4 is 4.90 Å². The SMILES string of the molecule is C[NH+](C)CC[C@@H](C#N)c1ccccc1Sc1ccc(Cl)cc1. The van der Waals surface area contributed by atoms with Gasteiger partial charge in [0.05, 0.1) is 32.6 Å². The standard InChI is InChI=1S/C18H19ClN2S/c1-21(2)12-11-14(13-20)17-5-3-4-6-18(17)22-16-9-7-15(19)8-10-16/h3-10,14H,11-12H2,1-2H3/p+1/t14-/m0/s1. The molecular weight excluding hydrogens is 312 g/mol. The molecule has 0 aliphatic heterocycles. The Morgan fingerprint density at radius 1 is 1.14 bits per heavy atom. The van der Waals surface area contributed by atoms with Crippen molar-refractivity contribution in [3.8, 4) is 6.07 Å². The third-order valence-corrected chi connectivity index (χ3v) is 4.78. The molecule has 114 valence electrons. The first-order valence-electron chi connectivity index (χ1n) is 7.31. The van der Waals surface area contributed by atoms with Gasteiger partial charge in [-0.2, -0.15) is 5.26 Å². The van der Waals surface area contributed by atoms with Gasteiger partial charge in [-0.3, -0.25) is 0 Å². The predicted molar refractivity (Wildman–Crippen MR) is 92.7 cm³/mol. The van der Waals surface area contributed by atoms with E-state index in [1.165, 1.54) is 4.90 Å². The quantitative estimate of drug-likeness (QED) is 0.875. The maximum atomic E-state index is 9.53. The number of benzene rings is 2. The minimum absolute atomic E-state index is 0.0640. The van der Waals surface area contributed by atoms with Gasteiger partial charge in [0.25, 0.3) is 0 Å². The Labute approximate surface area is 141 Å². The van der Waals surface area contributed by atoms with Gasteiger partial charge >= 0.3 is 0 Å². The first-order chi connectivity index (χ1) is 10.6. The Hall–Kier alpha value is -1.47. The molecule has 0 radical (unpaired) electrons. The van der Waals surface area contributed by atoms with Gasteiger partial charge in [-0.15, -0.1) is 0 Å². The first-order valence-corrected chi connectivity index (χ1v) is 8.50. The highest BCUT2D eigenvalue weighted by atomic mass is 35.5. The summed E-state index contributed by atoms with van der Waals surface area (Å²) in [5, 5.41) is 10.3. The van der Waals surface area contributed by atoms with Crippen LogP contribution in [0, 0.1) is 11.3 Å². The van der Waals surface area contributed by atoms with E-state index in [2.05, 4.69) is 32.3 Å². The molecule has 0 bridgehead atoms. The van der Waals surface area contributed by atoms with Crippen molar-refractivity contribution in [3.05, 3.63) is 59.1 Å². The highest BCUT2D eigenvalue weighted by Gasteiger charge is 2.16. The topological polar surface area (TPSA) is 28.2 Å². The zero-order valence-corrected chi connectivity index (χ0v) is 14.4. The second-order valence-corrected chi connectivity index (χ2v) is 7.07. The van der Waals surface area contributed by atoms with Crippen LogP contribution in [0.5, 0.6) is 0 Å². The number of nitriles is 1. The molecule has 2 aromatic carbocycles. The molecule has 2 rings (SSSR count). The van der Waals surface area contributed by atoms with E-state index in [4.69, 9.17) is 11.6 Å². The monoisotopic (exact) mass is 331 g/mol. The first kappa shape index (κ1) is 16.9. The van der Waals surface area contributed by atoms with E-state index < -0.39 is 0 Å². The van der Waals surface area contributed by atoms with Crippen molar-refractivity contribution in [2.75, 3.05) is 20.6 Å². The maximum Gasteiger partial charge on any atom is 0.0782 e. The van der Waals surface area contributed by atoms with Crippen LogP contribution >= 0.6 is 23.4 Å². The fraction of sp³-hybridized carbons (Fsp3) is 0.278. The Balaban J connectivity index is 2.21. The second-order valence-electron chi connectivity index (χ2n) is 5.52. The number of halogens is 1. The van der Waals surface area contributed by atoms with Crippen molar-refractivity contribution in [3.63, 3.8) is 0 Å². The largest absolute Gasteiger partial charge is 0.340 e. The van der Waals surface area contributed by atoms with Crippen LogP contribution in [-0.4, -0.2) is 20.6 Å². The number of nitrogens with zero attached hydrogens (tertiary/aromatic N) is 1. The molecule has 0 amide bonds. The van der Waals surface area contributed by atoms with Crippen LogP contribution in [0.4, 0.5) is 0 Å². The van der Waals surface area contributed by atoms with Gasteiger partial charge in [0.15, 0.2) is 0 Å². The van der Waals surface area contributed by atoms with Gasteiger partial charge in [-0.25, -0.2) is 0 Å². The molecule has 0 aliphatic rings. The van der Waals surface area contributed by atoms with E-state index >= 15 is 0 Å². The van der Waals surface area contributed by atoms with Gasteiger partial charge in [-0.05, 0) is 35.9 Å². The van der Waals surface area contributed by atoms with Crippen LogP contribution in [0.1, 0.15) is 17.9 Å². The zero-order chi connectivity index (χ0) is 15.9. The molecule has 0 heterocycles. The lowest BCUT2D eigenvalue weighted by Crippen LogP contribution is -3.05. The summed E-state index contributed by atoms with van der Waals surface area (Å²) in [6.45, 7) is 0.984. The van der Waals surface area contributed by atoms with Crippen molar-refractivity contribution in [2.45, 2.75) is 22.1 Å². The van der Waals surface area contributed by atoms with Crippen molar-refractivity contribution in [1.29, 1.82) is 5.26 Å². The smallest absolute Gasteiger partial charge is 0.0782 e. The molecule has 1 N–H and O–H groups in total. The highest BCUT2D eigenvalue weighted by Crippen LogP contribution is 2.35. The van der Waals surface area contributed by atoms with Crippen molar-refractivity contribution >= 4 is 23.4 Å². The van der Waals surface area contributed by atoms with Gasteiger partial charge in [0.1, 0.15) is 0 Å². The average Bonchev–Trinajstić information content (AvgIpc) is 2.51. The van der Waals surface area contributed by atoms with Gasteiger partial charge in [0, 0.05) is 21.2 Å². The highest BCUT2D eigenvalue weighted by molar-refractivity contribution is 7.99. The Kier molecular flexibility index (Phi) is 6.33. The second kappa shape index (κ2) is 8.24. The summed E-state index contributed by atoms with van der Waals surface area (Å²) in [4.78, 5) is 3.64. The van der Waals surface area contributed by atoms with Gasteiger partial charge in [-0.1, -0.05) is 41.6 Å². The molecule has 0 saturated heterocycles. The lowest BCUT2D eigenvalue weighted by atomic mass is 9.97. The van der Waals surface area contributed by atoms with Gasteiger partial charge < -0.3 is 4.90 Å². The minimum Gasteiger partial charge on any atom is -0.340 e. The molecule has 0 unspecified atom stereocenters. The summed E-state index contributed by atoms with van der Waals surface area (Å²) in [7, 11) is 4.23. The van der Waals surface area contributed by atoms with Crippen LogP contribution in [0.15, 0.2) is 58.3 Å². The number of quaternary nitrogens is 1. The fourth-order valence-corrected chi connectivity index (χ4v) is 3.34. The number of hydrogen-bond acceptors (Lipinski definition) is 2. The molecule has 0 saturated carbocycles. The van der Waals surface area contributed by atoms with E-state index in [1.54, 1.807) is 11.8 Å². The summed E-state index contributed by atoms with van der Waals surface area (Å²) in [5.74, 6) is -0.0640. The van der Waals surface area contributed by atoms with E-state index in [0.29, 0.717) is 0 Å². The summed E-state index contributed by atoms with van der Waals surface area (Å²) in [6, 6.07) is 18.4. The van der Waals surface area contributed by atoms with Crippen LogP contribution in [0.3, 0.4) is 0 Å². The van der Waals surface area contributed by atoms with E-state index in [9.17, 15) is 5.26 Å². The van der Waals surface area contributed by atoms with E-state index in [1.807, 2.05) is 36.4 Å². The third-order valence-electron chi connectivity index (χ3n) is 3.42. The molecule has 0 aromatic heterocycles. The molecule has 4 heteroatoms. The summed E-state index contributed by atoms with van der Waals surface area (Å²) >= 11 is 7.62. The van der Waals surface area contributed by atoms with Gasteiger partial charge in [0.2, 0.25) is 0 Å². The van der Waals surface area contributed by atoms with Crippen molar-refractivity contribution in [2.24, 2.45) is 0 Å². The van der Waals surface area contributed by atoms with Crippen molar-refractivity contribution < 1.29 is 4.90 Å². The zero-order valence-electron chi connectivity index (χ0n) is 12.8. The van der Waals surface area contributed by atoms with Crippen LogP contribution in [0.2, 0.25) is 5.02 Å². The Bertz CT molecular complexity index is 647. The molecule has 0 aliphatic carbocycles. The Morgan fingerprint density at radius 2 is 1.82 bits per heavy atom. The van der Waals surface area contributed by atoms with Crippen LogP contribution in [-0.2, 0) is 0 Å². The van der Waals surface area contributed by atoms with E-state index in [0.717, 1.165) is 33.3 Å². The van der Waals surface area contributed by atoms with Crippen molar-refractivity contribution in [1.82, 2.24) is 0 Å². The Morgan fingerprint density at radius 3 is 2.45 bits per heavy atom.